The Morgan fingerprint density at radius 2 is 2.12 bits per heavy atom. The van der Waals surface area contributed by atoms with Gasteiger partial charge in [0.1, 0.15) is 0 Å². The molecule has 0 N–H and O–H groups in total. The van der Waals surface area contributed by atoms with E-state index in [9.17, 15) is 9.00 Å². The van der Waals surface area contributed by atoms with Crippen LogP contribution in [0.4, 0.5) is 0 Å². The molecular weight excluding hydrogens is 256 g/mol. The maximum Gasteiger partial charge on any atom is 0.309 e. The van der Waals surface area contributed by atoms with Crippen LogP contribution in [0, 0.1) is 5.92 Å². The zero-order valence-corrected chi connectivity index (χ0v) is 12.0. The second kappa shape index (κ2) is 6.91. The smallest absolute Gasteiger partial charge is 0.309 e. The average molecular weight is 274 g/mol. The molecule has 1 aromatic heterocycles. The molecule has 3 nitrogen and oxygen atoms in total. The van der Waals surface area contributed by atoms with Gasteiger partial charge < -0.3 is 4.74 Å². The molecule has 2 atom stereocenters. The molecule has 5 heteroatoms. The van der Waals surface area contributed by atoms with Gasteiger partial charge in [-0.1, -0.05) is 13.8 Å². The maximum absolute atomic E-state index is 11.9. The van der Waals surface area contributed by atoms with Gasteiger partial charge in [0.2, 0.25) is 0 Å². The zero-order valence-electron chi connectivity index (χ0n) is 10.4. The van der Waals surface area contributed by atoms with Crippen molar-refractivity contribution in [1.82, 2.24) is 0 Å². The molecule has 0 saturated heterocycles. The summed E-state index contributed by atoms with van der Waals surface area (Å²) in [5.41, 5.74) is 0. The number of hydrogen-bond donors (Lipinski definition) is 0. The molecule has 1 rings (SSSR count). The summed E-state index contributed by atoms with van der Waals surface area (Å²) < 4.78 is 16.5. The number of ether oxygens (including phenoxy) is 1. The normalized spacial score (nSPS) is 14.3. The van der Waals surface area contributed by atoms with Crippen LogP contribution in [0.3, 0.4) is 0 Å². The van der Waals surface area contributed by atoms with E-state index in [0.717, 1.165) is 11.3 Å². The van der Waals surface area contributed by atoms with Crippen LogP contribution in [0.25, 0.3) is 0 Å². The Morgan fingerprint density at radius 3 is 2.65 bits per heavy atom. The topological polar surface area (TPSA) is 43.4 Å². The van der Waals surface area contributed by atoms with Crippen LogP contribution in [0.5, 0.6) is 0 Å². The van der Waals surface area contributed by atoms with Crippen molar-refractivity contribution in [2.24, 2.45) is 5.92 Å². The van der Waals surface area contributed by atoms with E-state index in [2.05, 4.69) is 17.7 Å². The van der Waals surface area contributed by atoms with Crippen molar-refractivity contribution < 1.29 is 13.7 Å². The molecule has 1 aromatic rings. The molecule has 2 unspecified atom stereocenters. The standard InChI is InChI=1S/C12H18O3S2/c1-4-10-5-6-11(16-10)8-17(14)7-9(2)12(13)15-3/h5-6,9H,4,7-8H2,1-3H3. The van der Waals surface area contributed by atoms with E-state index in [0.29, 0.717) is 11.5 Å². The van der Waals surface area contributed by atoms with Gasteiger partial charge in [-0.15, -0.1) is 11.3 Å². The molecule has 0 bridgehead atoms. The molecule has 0 amide bonds. The third-order valence-electron chi connectivity index (χ3n) is 2.41. The van der Waals surface area contributed by atoms with E-state index < -0.39 is 10.8 Å². The molecular formula is C12H18O3S2. The van der Waals surface area contributed by atoms with E-state index in [1.165, 1.54) is 12.0 Å². The predicted octanol–water partition coefficient (Wildman–Crippen LogP) is 2.37. The SMILES string of the molecule is CCc1ccc(CS(=O)CC(C)C(=O)OC)s1. The summed E-state index contributed by atoms with van der Waals surface area (Å²) >= 11 is 1.69. The van der Waals surface area contributed by atoms with Crippen LogP contribution in [-0.2, 0) is 32.5 Å². The van der Waals surface area contributed by atoms with Gasteiger partial charge in [-0.05, 0) is 18.6 Å². The lowest BCUT2D eigenvalue weighted by Gasteiger charge is -2.07. The van der Waals surface area contributed by atoms with Crippen molar-refractivity contribution in [3.63, 3.8) is 0 Å². The summed E-state index contributed by atoms with van der Waals surface area (Å²) in [6.07, 6.45) is 1.01. The minimum Gasteiger partial charge on any atom is -0.469 e. The van der Waals surface area contributed by atoms with Crippen molar-refractivity contribution in [2.45, 2.75) is 26.0 Å². The number of rotatable bonds is 6. The first-order valence-corrected chi connectivity index (χ1v) is 7.87. The molecule has 1 heterocycles. The van der Waals surface area contributed by atoms with Crippen molar-refractivity contribution in [3.8, 4) is 0 Å². The molecule has 0 aliphatic carbocycles. The van der Waals surface area contributed by atoms with Gasteiger partial charge in [0.25, 0.3) is 0 Å². The van der Waals surface area contributed by atoms with E-state index >= 15 is 0 Å². The van der Waals surface area contributed by atoms with Gasteiger partial charge >= 0.3 is 5.97 Å². The minimum absolute atomic E-state index is 0.293. The number of carbonyl (C=O) groups excluding carboxylic acids is 1. The predicted molar refractivity (Wildman–Crippen MR) is 71.6 cm³/mol. The van der Waals surface area contributed by atoms with Crippen LogP contribution >= 0.6 is 11.3 Å². The van der Waals surface area contributed by atoms with Gasteiger partial charge in [-0.3, -0.25) is 9.00 Å². The lowest BCUT2D eigenvalue weighted by Crippen LogP contribution is -2.19. The second-order valence-corrected chi connectivity index (χ2v) is 6.65. The summed E-state index contributed by atoms with van der Waals surface area (Å²) in [6, 6.07) is 4.09. The third kappa shape index (κ3) is 4.60. The molecule has 0 saturated carbocycles. The van der Waals surface area contributed by atoms with Crippen LogP contribution in [0.1, 0.15) is 23.6 Å². The summed E-state index contributed by atoms with van der Waals surface area (Å²) in [5, 5.41) is 0. The highest BCUT2D eigenvalue weighted by atomic mass is 32.2. The van der Waals surface area contributed by atoms with Crippen molar-refractivity contribution in [3.05, 3.63) is 21.9 Å². The summed E-state index contributed by atoms with van der Waals surface area (Å²) in [6.45, 7) is 3.85. The quantitative estimate of drug-likeness (QED) is 0.748. The van der Waals surface area contributed by atoms with Gasteiger partial charge in [0.15, 0.2) is 0 Å². The largest absolute Gasteiger partial charge is 0.469 e. The van der Waals surface area contributed by atoms with E-state index in [-0.39, 0.29) is 11.9 Å². The van der Waals surface area contributed by atoms with Gasteiger partial charge in [0, 0.05) is 26.3 Å². The van der Waals surface area contributed by atoms with E-state index in [1.807, 2.05) is 6.07 Å². The molecule has 0 spiro atoms. The molecule has 0 aliphatic heterocycles. The molecule has 0 fully saturated rings. The highest BCUT2D eigenvalue weighted by Crippen LogP contribution is 2.19. The fourth-order valence-corrected chi connectivity index (χ4v) is 4.06. The van der Waals surface area contributed by atoms with E-state index in [1.54, 1.807) is 18.3 Å². The molecule has 17 heavy (non-hydrogen) atoms. The number of hydrogen-bond acceptors (Lipinski definition) is 4. The van der Waals surface area contributed by atoms with Crippen LogP contribution in [-0.4, -0.2) is 23.0 Å². The monoisotopic (exact) mass is 274 g/mol. The first kappa shape index (κ1) is 14.4. The van der Waals surface area contributed by atoms with Crippen LogP contribution in [0.15, 0.2) is 12.1 Å². The number of methoxy groups -OCH3 is 1. The maximum atomic E-state index is 11.9. The summed E-state index contributed by atoms with van der Waals surface area (Å²) in [4.78, 5) is 13.6. The van der Waals surface area contributed by atoms with Crippen molar-refractivity contribution in [1.29, 1.82) is 0 Å². The van der Waals surface area contributed by atoms with Gasteiger partial charge in [-0.25, -0.2) is 0 Å². The number of thiophene rings is 1. The number of aryl methyl sites for hydroxylation is 1. The van der Waals surface area contributed by atoms with Crippen LogP contribution in [0.2, 0.25) is 0 Å². The Morgan fingerprint density at radius 1 is 1.47 bits per heavy atom. The highest BCUT2D eigenvalue weighted by Gasteiger charge is 2.17. The third-order valence-corrected chi connectivity index (χ3v) is 5.33. The Balaban J connectivity index is 2.46. The number of carbonyl (C=O) groups is 1. The fraction of sp³-hybridized carbons (Fsp3) is 0.583. The summed E-state index contributed by atoms with van der Waals surface area (Å²) in [7, 11) is 0.353. The first-order chi connectivity index (χ1) is 8.06. The van der Waals surface area contributed by atoms with Gasteiger partial charge in [-0.2, -0.15) is 0 Å². The Labute approximate surface area is 109 Å². The fourth-order valence-electron chi connectivity index (χ4n) is 1.46. The molecule has 0 aliphatic rings. The Bertz CT molecular complexity index is 398. The summed E-state index contributed by atoms with van der Waals surface area (Å²) in [5.74, 6) is 0.308. The van der Waals surface area contributed by atoms with Gasteiger partial charge in [0.05, 0.1) is 18.8 Å². The lowest BCUT2D eigenvalue weighted by atomic mass is 10.2. The molecule has 0 aromatic carbocycles. The highest BCUT2D eigenvalue weighted by molar-refractivity contribution is 7.84. The Kier molecular flexibility index (Phi) is 5.85. The van der Waals surface area contributed by atoms with Crippen molar-refractivity contribution in [2.75, 3.05) is 12.9 Å². The average Bonchev–Trinajstić information content (AvgIpc) is 2.75. The van der Waals surface area contributed by atoms with E-state index in [4.69, 9.17) is 0 Å². The first-order valence-electron chi connectivity index (χ1n) is 5.57. The second-order valence-electron chi connectivity index (χ2n) is 3.90. The lowest BCUT2D eigenvalue weighted by molar-refractivity contribution is -0.144. The minimum atomic E-state index is -1.00. The zero-order chi connectivity index (χ0) is 12.8. The van der Waals surface area contributed by atoms with Crippen LogP contribution < -0.4 is 0 Å². The number of esters is 1. The van der Waals surface area contributed by atoms with Crippen molar-refractivity contribution >= 4 is 28.1 Å². The molecule has 0 radical (unpaired) electrons. The Hall–Kier alpha value is -0.680. The molecule has 96 valence electrons.